The number of benzene rings is 1. The average Bonchev–Trinajstić information content (AvgIpc) is 3.41. The van der Waals surface area contributed by atoms with Crippen LogP contribution in [0.25, 0.3) is 0 Å². The molecule has 174 valence electrons. The number of carbonyl (C=O) groups is 2. The smallest absolute Gasteiger partial charge is 0.328 e. The molecule has 0 radical (unpaired) electrons. The van der Waals surface area contributed by atoms with Crippen LogP contribution < -0.4 is 10.5 Å². The summed E-state index contributed by atoms with van der Waals surface area (Å²) >= 11 is 0. The normalized spacial score (nSPS) is 19.0. The Balaban J connectivity index is 1.78. The van der Waals surface area contributed by atoms with Crippen LogP contribution in [0.2, 0.25) is 0 Å². The van der Waals surface area contributed by atoms with Crippen molar-refractivity contribution in [2.45, 2.75) is 70.6 Å². The number of likely N-dealkylation sites (tertiary alicyclic amines) is 1. The van der Waals surface area contributed by atoms with Crippen LogP contribution in [0.4, 0.5) is 5.82 Å². The Morgan fingerprint density at radius 1 is 1.22 bits per heavy atom. The number of rotatable bonds is 10. The number of carbonyl (C=O) groups excluding carboxylic acids is 2. The van der Waals surface area contributed by atoms with Crippen LogP contribution in [0.3, 0.4) is 0 Å². The molecule has 1 amide bonds. The van der Waals surface area contributed by atoms with Crippen molar-refractivity contribution >= 4 is 17.7 Å². The van der Waals surface area contributed by atoms with E-state index in [-0.39, 0.29) is 12.0 Å². The zero-order valence-corrected chi connectivity index (χ0v) is 19.2. The Hall–Kier alpha value is -3.03. The van der Waals surface area contributed by atoms with Gasteiger partial charge < -0.3 is 24.7 Å². The van der Waals surface area contributed by atoms with E-state index in [1.54, 1.807) is 22.0 Å². The lowest BCUT2D eigenvalue weighted by atomic mass is 10.1. The summed E-state index contributed by atoms with van der Waals surface area (Å²) < 4.78 is 12.9. The monoisotopic (exact) mass is 442 g/mol. The minimum atomic E-state index is -0.679. The van der Waals surface area contributed by atoms with Gasteiger partial charge in [0.05, 0.1) is 20.0 Å². The SMILES string of the molecule is CCCCCC[C@H](C(=O)N1C[C@@H](Oc2ccc(C)cc2)C[C@H]1C(=O)OC)n1cnc(N)c1. The van der Waals surface area contributed by atoms with Gasteiger partial charge in [-0.2, -0.15) is 0 Å². The molecular weight excluding hydrogens is 408 g/mol. The van der Waals surface area contributed by atoms with Crippen molar-refractivity contribution in [3.8, 4) is 5.75 Å². The molecule has 0 unspecified atom stereocenters. The predicted octanol–water partition coefficient (Wildman–Crippen LogP) is 3.51. The number of hydrogen-bond acceptors (Lipinski definition) is 6. The number of ether oxygens (including phenoxy) is 2. The van der Waals surface area contributed by atoms with E-state index in [1.807, 2.05) is 31.2 Å². The fraction of sp³-hybridized carbons (Fsp3) is 0.542. The van der Waals surface area contributed by atoms with Gasteiger partial charge in [-0.15, -0.1) is 0 Å². The molecule has 8 nitrogen and oxygen atoms in total. The van der Waals surface area contributed by atoms with Gasteiger partial charge in [0.15, 0.2) is 0 Å². The van der Waals surface area contributed by atoms with E-state index in [4.69, 9.17) is 15.2 Å². The van der Waals surface area contributed by atoms with Gasteiger partial charge in [0.1, 0.15) is 29.8 Å². The topological polar surface area (TPSA) is 99.7 Å². The largest absolute Gasteiger partial charge is 0.488 e. The molecule has 1 fully saturated rings. The highest BCUT2D eigenvalue weighted by Crippen LogP contribution is 2.29. The van der Waals surface area contributed by atoms with Crippen LogP contribution in [-0.4, -0.2) is 52.1 Å². The van der Waals surface area contributed by atoms with Crippen molar-refractivity contribution in [3.05, 3.63) is 42.4 Å². The molecule has 3 atom stereocenters. The van der Waals surface area contributed by atoms with E-state index < -0.39 is 18.1 Å². The van der Waals surface area contributed by atoms with Crippen molar-refractivity contribution in [2.24, 2.45) is 0 Å². The second-order valence-electron chi connectivity index (χ2n) is 8.43. The molecule has 2 N–H and O–H groups in total. The number of nitrogen functional groups attached to an aromatic ring is 1. The number of nitrogens with two attached hydrogens (primary N) is 1. The molecule has 3 rings (SSSR count). The number of aryl methyl sites for hydroxylation is 1. The summed E-state index contributed by atoms with van der Waals surface area (Å²) in [6.07, 6.45) is 8.20. The number of hydrogen-bond donors (Lipinski definition) is 1. The van der Waals surface area contributed by atoms with E-state index in [9.17, 15) is 9.59 Å². The van der Waals surface area contributed by atoms with Crippen LogP contribution in [0.1, 0.15) is 57.1 Å². The molecule has 1 aromatic carbocycles. The Morgan fingerprint density at radius 2 is 1.97 bits per heavy atom. The first kappa shape index (κ1) is 23.6. The minimum absolute atomic E-state index is 0.135. The van der Waals surface area contributed by atoms with Gasteiger partial charge in [-0.25, -0.2) is 9.78 Å². The Kier molecular flexibility index (Phi) is 8.14. The molecule has 1 saturated heterocycles. The molecule has 32 heavy (non-hydrogen) atoms. The molecule has 8 heteroatoms. The molecular formula is C24H34N4O4. The maximum absolute atomic E-state index is 13.7. The highest BCUT2D eigenvalue weighted by Gasteiger charge is 2.43. The van der Waals surface area contributed by atoms with Gasteiger partial charge in [0, 0.05) is 12.6 Å². The van der Waals surface area contributed by atoms with E-state index in [2.05, 4.69) is 11.9 Å². The van der Waals surface area contributed by atoms with Crippen molar-refractivity contribution in [3.63, 3.8) is 0 Å². The molecule has 2 aromatic rings. The summed E-state index contributed by atoms with van der Waals surface area (Å²) in [6, 6.07) is 6.60. The standard InChI is InChI=1S/C24H34N4O4/c1-4-5-6-7-8-20(27-15-22(25)26-16-27)23(29)28-14-19(13-21(28)24(30)31-3)32-18-11-9-17(2)10-12-18/h9-12,15-16,19-21H,4-8,13-14,25H2,1-3H3/t19-,20+,21-/m0/s1. The fourth-order valence-corrected chi connectivity index (χ4v) is 4.17. The van der Waals surface area contributed by atoms with Crippen LogP contribution in [0, 0.1) is 6.92 Å². The van der Waals surface area contributed by atoms with Crippen LogP contribution in [-0.2, 0) is 14.3 Å². The lowest BCUT2D eigenvalue weighted by Gasteiger charge is -2.28. The Labute approximate surface area is 189 Å². The molecule has 1 aliphatic rings. The van der Waals surface area contributed by atoms with Gasteiger partial charge in [-0.3, -0.25) is 4.79 Å². The lowest BCUT2D eigenvalue weighted by molar-refractivity contribution is -0.152. The summed E-state index contributed by atoms with van der Waals surface area (Å²) in [6.45, 7) is 4.48. The van der Waals surface area contributed by atoms with E-state index >= 15 is 0 Å². The lowest BCUT2D eigenvalue weighted by Crippen LogP contribution is -2.44. The van der Waals surface area contributed by atoms with Gasteiger partial charge in [0.25, 0.3) is 0 Å². The third-order valence-corrected chi connectivity index (χ3v) is 5.94. The fourth-order valence-electron chi connectivity index (χ4n) is 4.17. The Morgan fingerprint density at radius 3 is 2.59 bits per heavy atom. The van der Waals surface area contributed by atoms with Crippen molar-refractivity contribution in [2.75, 3.05) is 19.4 Å². The van der Waals surface area contributed by atoms with Gasteiger partial charge >= 0.3 is 5.97 Å². The Bertz CT molecular complexity index is 896. The first-order valence-electron chi connectivity index (χ1n) is 11.3. The summed E-state index contributed by atoms with van der Waals surface area (Å²) in [4.78, 5) is 31.9. The highest BCUT2D eigenvalue weighted by molar-refractivity contribution is 5.87. The maximum Gasteiger partial charge on any atom is 0.328 e. The van der Waals surface area contributed by atoms with Crippen molar-refractivity contribution in [1.82, 2.24) is 14.5 Å². The quantitative estimate of drug-likeness (QED) is 0.446. The number of aromatic nitrogens is 2. The summed E-state index contributed by atoms with van der Waals surface area (Å²) in [5, 5.41) is 0. The zero-order valence-electron chi connectivity index (χ0n) is 19.2. The summed E-state index contributed by atoms with van der Waals surface area (Å²) in [5.74, 6) is 0.521. The van der Waals surface area contributed by atoms with Gasteiger partial charge in [-0.05, 0) is 25.5 Å². The second-order valence-corrected chi connectivity index (χ2v) is 8.43. The van der Waals surface area contributed by atoms with Gasteiger partial charge in [-0.1, -0.05) is 50.3 Å². The summed E-state index contributed by atoms with van der Waals surface area (Å²) in [5.41, 5.74) is 6.95. The van der Waals surface area contributed by atoms with Gasteiger partial charge in [0.2, 0.25) is 5.91 Å². The van der Waals surface area contributed by atoms with Crippen LogP contribution in [0.15, 0.2) is 36.8 Å². The number of amides is 1. The molecule has 0 saturated carbocycles. The predicted molar refractivity (Wildman–Crippen MR) is 122 cm³/mol. The van der Waals surface area contributed by atoms with E-state index in [0.717, 1.165) is 37.0 Å². The molecule has 1 aliphatic heterocycles. The summed E-state index contributed by atoms with van der Waals surface area (Å²) in [7, 11) is 1.35. The highest BCUT2D eigenvalue weighted by atomic mass is 16.5. The number of anilines is 1. The second kappa shape index (κ2) is 11.0. The molecule has 2 heterocycles. The zero-order chi connectivity index (χ0) is 23.1. The van der Waals surface area contributed by atoms with Crippen molar-refractivity contribution in [1.29, 1.82) is 0 Å². The third kappa shape index (κ3) is 5.81. The molecule has 0 spiro atoms. The number of nitrogens with zero attached hydrogens (tertiary/aromatic N) is 3. The van der Waals surface area contributed by atoms with E-state index in [1.165, 1.54) is 7.11 Å². The first-order valence-corrected chi connectivity index (χ1v) is 11.3. The third-order valence-electron chi connectivity index (χ3n) is 5.94. The first-order chi connectivity index (χ1) is 15.4. The average molecular weight is 443 g/mol. The minimum Gasteiger partial charge on any atom is -0.488 e. The maximum atomic E-state index is 13.7. The number of esters is 1. The van der Waals surface area contributed by atoms with Crippen LogP contribution in [0.5, 0.6) is 5.75 Å². The molecule has 0 bridgehead atoms. The number of unbranched alkanes of at least 4 members (excludes halogenated alkanes) is 3. The molecule has 1 aromatic heterocycles. The van der Waals surface area contributed by atoms with Crippen LogP contribution >= 0.6 is 0 Å². The molecule has 0 aliphatic carbocycles. The number of imidazole rings is 1. The van der Waals surface area contributed by atoms with Crippen molar-refractivity contribution < 1.29 is 19.1 Å². The number of methoxy groups -OCH3 is 1. The van der Waals surface area contributed by atoms with E-state index in [0.29, 0.717) is 25.2 Å².